The molecule has 100 valence electrons. The lowest BCUT2D eigenvalue weighted by Crippen LogP contribution is -2.45. The number of hydrogen-bond acceptors (Lipinski definition) is 3. The zero-order valence-corrected chi connectivity index (χ0v) is 11.2. The fraction of sp³-hybridized carbons (Fsp3) is 1.00. The van der Waals surface area contributed by atoms with Gasteiger partial charge in [-0.25, -0.2) is 0 Å². The molecule has 1 saturated heterocycles. The minimum absolute atomic E-state index is 0.00363. The molecule has 0 spiro atoms. The van der Waals surface area contributed by atoms with Crippen molar-refractivity contribution >= 4 is 0 Å². The summed E-state index contributed by atoms with van der Waals surface area (Å²) in [7, 11) is 0. The van der Waals surface area contributed by atoms with Crippen LogP contribution in [-0.2, 0) is 9.47 Å². The van der Waals surface area contributed by atoms with Gasteiger partial charge in [0, 0.05) is 6.61 Å². The second-order valence-corrected chi connectivity index (χ2v) is 6.19. The summed E-state index contributed by atoms with van der Waals surface area (Å²) in [6.07, 6.45) is 6.67. The van der Waals surface area contributed by atoms with E-state index in [1.807, 2.05) is 0 Å². The van der Waals surface area contributed by atoms with Crippen LogP contribution < -0.4 is 0 Å². The first-order valence-electron chi connectivity index (χ1n) is 7.01. The van der Waals surface area contributed by atoms with E-state index in [0.29, 0.717) is 6.61 Å². The number of aliphatic hydroxyl groups is 1. The third kappa shape index (κ3) is 3.43. The first kappa shape index (κ1) is 13.3. The topological polar surface area (TPSA) is 38.7 Å². The van der Waals surface area contributed by atoms with Crippen molar-refractivity contribution in [2.75, 3.05) is 13.2 Å². The van der Waals surface area contributed by atoms with Gasteiger partial charge in [0.05, 0.1) is 24.9 Å². The van der Waals surface area contributed by atoms with E-state index >= 15 is 0 Å². The summed E-state index contributed by atoms with van der Waals surface area (Å²) in [5, 5.41) is 10.3. The molecule has 1 aliphatic carbocycles. The molecule has 1 saturated carbocycles. The Labute approximate surface area is 104 Å². The van der Waals surface area contributed by atoms with Gasteiger partial charge in [-0.1, -0.05) is 20.3 Å². The molecular formula is C14H26O3. The summed E-state index contributed by atoms with van der Waals surface area (Å²) in [5.74, 6) is 0. The molecule has 3 nitrogen and oxygen atoms in total. The number of rotatable bonds is 3. The summed E-state index contributed by atoms with van der Waals surface area (Å²) in [4.78, 5) is 0. The molecule has 1 N–H and O–H groups in total. The van der Waals surface area contributed by atoms with Crippen LogP contribution in [-0.4, -0.2) is 36.6 Å². The second kappa shape index (κ2) is 5.68. The van der Waals surface area contributed by atoms with E-state index in [0.717, 1.165) is 32.3 Å². The minimum Gasteiger partial charge on any atom is -0.390 e. The van der Waals surface area contributed by atoms with Crippen LogP contribution in [0.15, 0.2) is 0 Å². The van der Waals surface area contributed by atoms with Gasteiger partial charge in [0.15, 0.2) is 0 Å². The van der Waals surface area contributed by atoms with Gasteiger partial charge in [0.1, 0.15) is 0 Å². The van der Waals surface area contributed by atoms with Crippen LogP contribution in [0.1, 0.15) is 52.4 Å². The molecule has 2 fully saturated rings. The standard InChI is InChI=1S/C14H26O3/c1-14(2)8-5-7-12(13(14)15)17-10-11-6-3-4-9-16-11/h11-13,15H,3-10H2,1-2H3. The summed E-state index contributed by atoms with van der Waals surface area (Å²) in [6.45, 7) is 5.78. The Balaban J connectivity index is 1.77. The lowest BCUT2D eigenvalue weighted by molar-refractivity contribution is -0.137. The highest BCUT2D eigenvalue weighted by Crippen LogP contribution is 2.37. The van der Waals surface area contributed by atoms with E-state index in [2.05, 4.69) is 13.8 Å². The third-order valence-electron chi connectivity index (χ3n) is 4.23. The molecular weight excluding hydrogens is 216 g/mol. The zero-order chi connectivity index (χ0) is 12.3. The number of aliphatic hydroxyl groups excluding tert-OH is 1. The highest BCUT2D eigenvalue weighted by molar-refractivity contribution is 4.89. The Morgan fingerprint density at radius 2 is 2.06 bits per heavy atom. The molecule has 3 atom stereocenters. The first-order valence-corrected chi connectivity index (χ1v) is 7.01. The highest BCUT2D eigenvalue weighted by atomic mass is 16.5. The van der Waals surface area contributed by atoms with Gasteiger partial charge in [0.25, 0.3) is 0 Å². The highest BCUT2D eigenvalue weighted by Gasteiger charge is 2.38. The number of ether oxygens (including phenoxy) is 2. The fourth-order valence-corrected chi connectivity index (χ4v) is 2.91. The van der Waals surface area contributed by atoms with Crippen LogP contribution in [0.25, 0.3) is 0 Å². The van der Waals surface area contributed by atoms with E-state index < -0.39 is 0 Å². The van der Waals surface area contributed by atoms with Crippen molar-refractivity contribution in [2.45, 2.75) is 70.7 Å². The largest absolute Gasteiger partial charge is 0.390 e. The molecule has 0 radical (unpaired) electrons. The van der Waals surface area contributed by atoms with Gasteiger partial charge in [-0.3, -0.25) is 0 Å². The lowest BCUT2D eigenvalue weighted by Gasteiger charge is -2.41. The molecule has 0 aromatic heterocycles. The van der Waals surface area contributed by atoms with Crippen molar-refractivity contribution in [1.29, 1.82) is 0 Å². The predicted molar refractivity (Wildman–Crippen MR) is 67.0 cm³/mol. The summed E-state index contributed by atoms with van der Waals surface area (Å²) in [6, 6.07) is 0. The van der Waals surface area contributed by atoms with Crippen molar-refractivity contribution in [2.24, 2.45) is 5.41 Å². The second-order valence-electron chi connectivity index (χ2n) is 6.19. The first-order chi connectivity index (χ1) is 8.09. The smallest absolute Gasteiger partial charge is 0.0852 e. The maximum atomic E-state index is 10.3. The summed E-state index contributed by atoms with van der Waals surface area (Å²) < 4.78 is 11.5. The van der Waals surface area contributed by atoms with E-state index in [-0.39, 0.29) is 23.7 Å². The van der Waals surface area contributed by atoms with Gasteiger partial charge in [-0.15, -0.1) is 0 Å². The molecule has 0 amide bonds. The van der Waals surface area contributed by atoms with Crippen LogP contribution in [0.4, 0.5) is 0 Å². The van der Waals surface area contributed by atoms with Gasteiger partial charge >= 0.3 is 0 Å². The van der Waals surface area contributed by atoms with Gasteiger partial charge in [-0.2, -0.15) is 0 Å². The van der Waals surface area contributed by atoms with E-state index in [9.17, 15) is 5.11 Å². The molecule has 0 bridgehead atoms. The van der Waals surface area contributed by atoms with Gasteiger partial charge in [-0.05, 0) is 37.5 Å². The molecule has 0 aromatic rings. The van der Waals surface area contributed by atoms with Crippen LogP contribution in [0, 0.1) is 5.41 Å². The molecule has 1 heterocycles. The van der Waals surface area contributed by atoms with Crippen LogP contribution in [0.2, 0.25) is 0 Å². The van der Waals surface area contributed by atoms with Crippen molar-refractivity contribution < 1.29 is 14.6 Å². The van der Waals surface area contributed by atoms with E-state index in [1.54, 1.807) is 0 Å². The predicted octanol–water partition coefficient (Wildman–Crippen LogP) is 2.51. The molecule has 17 heavy (non-hydrogen) atoms. The third-order valence-corrected chi connectivity index (χ3v) is 4.23. The fourth-order valence-electron chi connectivity index (χ4n) is 2.91. The Kier molecular flexibility index (Phi) is 4.45. The quantitative estimate of drug-likeness (QED) is 0.826. The lowest BCUT2D eigenvalue weighted by atomic mass is 9.73. The summed E-state index contributed by atoms with van der Waals surface area (Å²) >= 11 is 0. The van der Waals surface area contributed by atoms with E-state index in [1.165, 1.54) is 12.8 Å². The Bertz CT molecular complexity index is 234. The van der Waals surface area contributed by atoms with Crippen molar-refractivity contribution in [3.8, 4) is 0 Å². The molecule has 1 aliphatic heterocycles. The van der Waals surface area contributed by atoms with E-state index in [4.69, 9.17) is 9.47 Å². The molecule has 2 aliphatic rings. The molecule has 2 rings (SSSR count). The Morgan fingerprint density at radius 1 is 1.24 bits per heavy atom. The molecule has 0 aromatic carbocycles. The van der Waals surface area contributed by atoms with Gasteiger partial charge in [0.2, 0.25) is 0 Å². The minimum atomic E-state index is -0.333. The van der Waals surface area contributed by atoms with Crippen molar-refractivity contribution in [3.05, 3.63) is 0 Å². The van der Waals surface area contributed by atoms with Crippen LogP contribution >= 0.6 is 0 Å². The average molecular weight is 242 g/mol. The number of hydrogen-bond donors (Lipinski definition) is 1. The Hall–Kier alpha value is -0.120. The SMILES string of the molecule is CC1(C)CCCC(OCC2CCCCO2)C1O. The van der Waals surface area contributed by atoms with Crippen molar-refractivity contribution in [1.82, 2.24) is 0 Å². The monoisotopic (exact) mass is 242 g/mol. The average Bonchev–Trinajstić information content (AvgIpc) is 2.32. The molecule has 3 heteroatoms. The zero-order valence-electron chi connectivity index (χ0n) is 11.2. The Morgan fingerprint density at radius 3 is 2.76 bits per heavy atom. The van der Waals surface area contributed by atoms with Crippen LogP contribution in [0.5, 0.6) is 0 Å². The normalized spacial score (nSPS) is 37.9. The summed E-state index contributed by atoms with van der Waals surface area (Å²) in [5.41, 5.74) is -0.00363. The van der Waals surface area contributed by atoms with Crippen molar-refractivity contribution in [3.63, 3.8) is 0 Å². The molecule has 3 unspecified atom stereocenters. The van der Waals surface area contributed by atoms with Crippen LogP contribution in [0.3, 0.4) is 0 Å². The van der Waals surface area contributed by atoms with Gasteiger partial charge < -0.3 is 14.6 Å². The maximum absolute atomic E-state index is 10.3. The maximum Gasteiger partial charge on any atom is 0.0852 e.